The first-order valence-electron chi connectivity index (χ1n) is 13.2. The molecule has 2 aliphatic heterocycles. The average Bonchev–Trinajstić information content (AvgIpc) is 3.36. The summed E-state index contributed by atoms with van der Waals surface area (Å²) < 4.78 is 59.6. The minimum atomic E-state index is -2.90. The van der Waals surface area contributed by atoms with Gasteiger partial charge in [0, 0.05) is 43.4 Å². The molecule has 4 bridgehead atoms. The van der Waals surface area contributed by atoms with Gasteiger partial charge >= 0.3 is 6.55 Å². The molecule has 1 aromatic heterocycles. The monoisotopic (exact) mass is 586 g/mol. The van der Waals surface area contributed by atoms with Crippen LogP contribution in [-0.4, -0.2) is 66.1 Å². The van der Waals surface area contributed by atoms with Gasteiger partial charge in [-0.1, -0.05) is 0 Å². The standard InChI is InChI=1S/C29H29F3N4O6/c1-16-3-5-22(36(16)29(31)32)28(39)35-8-7-23-21(14-35)34-27(38)18-4-6-24(40-2)25(11-18)41-15-26(37)33-13-17-9-19(30)12-20(10-17)42-23/h3-6,9-12,21,23,29H,7-8,13-15H2,1-2H3,(H,33,37)(H,34,38)/t21-,23+/m0/s1. The fraction of sp³-hybridized carbons (Fsp3) is 0.345. The zero-order chi connectivity index (χ0) is 30.0. The van der Waals surface area contributed by atoms with Crippen molar-refractivity contribution < 1.29 is 41.8 Å². The van der Waals surface area contributed by atoms with E-state index in [9.17, 15) is 27.6 Å². The van der Waals surface area contributed by atoms with E-state index in [1.807, 2.05) is 0 Å². The van der Waals surface area contributed by atoms with E-state index in [1.54, 1.807) is 6.07 Å². The molecule has 2 atom stereocenters. The number of nitrogens with one attached hydrogen (secondary N) is 2. The number of carbonyl (C=O) groups excluding carboxylic acids is 3. The normalized spacial score (nSPS) is 19.2. The Morgan fingerprint density at radius 1 is 1.12 bits per heavy atom. The molecule has 0 radical (unpaired) electrons. The Labute approximate surface area is 239 Å². The Bertz CT molecular complexity index is 1510. The number of aryl methyl sites for hydroxylation is 1. The third-order valence-electron chi connectivity index (χ3n) is 7.18. The first kappa shape index (κ1) is 28.8. The summed E-state index contributed by atoms with van der Waals surface area (Å²) in [6, 6.07) is 10.4. The Balaban J connectivity index is 1.48. The number of carbonyl (C=O) groups is 3. The van der Waals surface area contributed by atoms with Gasteiger partial charge in [0.2, 0.25) is 0 Å². The zero-order valence-corrected chi connectivity index (χ0v) is 22.9. The highest BCUT2D eigenvalue weighted by Crippen LogP contribution is 2.29. The third kappa shape index (κ3) is 6.14. The number of aromatic nitrogens is 1. The van der Waals surface area contributed by atoms with Crippen LogP contribution >= 0.6 is 0 Å². The summed E-state index contributed by atoms with van der Waals surface area (Å²) in [6.45, 7) is -1.72. The van der Waals surface area contributed by atoms with Gasteiger partial charge in [-0.15, -0.1) is 0 Å². The molecule has 1 fully saturated rings. The molecular formula is C29H29F3N4O6. The number of fused-ring (bicyclic) bond motifs is 5. The maximum atomic E-state index is 14.5. The Morgan fingerprint density at radius 2 is 1.93 bits per heavy atom. The Kier molecular flexibility index (Phi) is 8.27. The van der Waals surface area contributed by atoms with Gasteiger partial charge in [0.15, 0.2) is 18.1 Å². The Hall–Kier alpha value is -4.68. The number of rotatable bonds is 3. The lowest BCUT2D eigenvalue weighted by molar-refractivity contribution is -0.123. The summed E-state index contributed by atoms with van der Waals surface area (Å²) in [5, 5.41) is 5.53. The van der Waals surface area contributed by atoms with Crippen molar-refractivity contribution in [3.05, 3.63) is 76.9 Å². The van der Waals surface area contributed by atoms with Crippen LogP contribution in [0.5, 0.6) is 17.2 Å². The fourth-order valence-corrected chi connectivity index (χ4v) is 5.08. The predicted octanol–water partition coefficient (Wildman–Crippen LogP) is 3.44. The van der Waals surface area contributed by atoms with Gasteiger partial charge in [-0.3, -0.25) is 19.0 Å². The summed E-state index contributed by atoms with van der Waals surface area (Å²) in [5.74, 6) is -1.62. The molecule has 0 spiro atoms. The van der Waals surface area contributed by atoms with Gasteiger partial charge < -0.3 is 29.7 Å². The van der Waals surface area contributed by atoms with Gasteiger partial charge in [-0.2, -0.15) is 8.78 Å². The number of alkyl halides is 2. The molecule has 0 saturated carbocycles. The molecule has 2 aromatic carbocycles. The molecule has 0 unspecified atom stereocenters. The molecule has 2 aliphatic rings. The van der Waals surface area contributed by atoms with Crippen LogP contribution in [0.2, 0.25) is 0 Å². The van der Waals surface area contributed by atoms with E-state index in [0.717, 1.165) is 0 Å². The number of methoxy groups -OCH3 is 1. The summed E-state index contributed by atoms with van der Waals surface area (Å²) >= 11 is 0. The van der Waals surface area contributed by atoms with E-state index in [4.69, 9.17) is 14.2 Å². The first-order chi connectivity index (χ1) is 20.1. The largest absolute Gasteiger partial charge is 0.493 e. The van der Waals surface area contributed by atoms with Gasteiger partial charge in [0.1, 0.15) is 23.4 Å². The Morgan fingerprint density at radius 3 is 2.69 bits per heavy atom. The molecule has 3 amide bonds. The van der Waals surface area contributed by atoms with Crippen molar-refractivity contribution in [3.8, 4) is 17.2 Å². The highest BCUT2D eigenvalue weighted by Gasteiger charge is 2.36. The van der Waals surface area contributed by atoms with Crippen molar-refractivity contribution >= 4 is 17.7 Å². The molecule has 3 heterocycles. The van der Waals surface area contributed by atoms with Gasteiger partial charge in [0.25, 0.3) is 17.7 Å². The van der Waals surface area contributed by atoms with Crippen molar-refractivity contribution in [1.29, 1.82) is 0 Å². The topological polar surface area (TPSA) is 111 Å². The van der Waals surface area contributed by atoms with Crippen LogP contribution in [0, 0.1) is 12.7 Å². The second-order valence-electron chi connectivity index (χ2n) is 10.0. The van der Waals surface area contributed by atoms with Crippen LogP contribution in [0.1, 0.15) is 45.1 Å². The van der Waals surface area contributed by atoms with Crippen LogP contribution in [0.15, 0.2) is 48.5 Å². The number of benzene rings is 2. The maximum Gasteiger partial charge on any atom is 0.319 e. The predicted molar refractivity (Wildman–Crippen MR) is 143 cm³/mol. The third-order valence-corrected chi connectivity index (χ3v) is 7.18. The van der Waals surface area contributed by atoms with Crippen LogP contribution in [0.25, 0.3) is 0 Å². The lowest BCUT2D eigenvalue weighted by Gasteiger charge is -2.39. The average molecular weight is 587 g/mol. The molecule has 222 valence electrons. The van der Waals surface area contributed by atoms with Crippen LogP contribution in [0.3, 0.4) is 0 Å². The zero-order valence-electron chi connectivity index (χ0n) is 22.9. The first-order valence-corrected chi connectivity index (χ1v) is 13.2. The summed E-state index contributed by atoms with van der Waals surface area (Å²) in [7, 11) is 1.41. The molecule has 1 saturated heterocycles. The molecule has 42 heavy (non-hydrogen) atoms. The van der Waals surface area contributed by atoms with Crippen molar-refractivity contribution in [1.82, 2.24) is 20.1 Å². The second kappa shape index (κ2) is 12.0. The van der Waals surface area contributed by atoms with E-state index >= 15 is 0 Å². The van der Waals surface area contributed by atoms with Gasteiger partial charge in [-0.05, 0) is 55.0 Å². The van der Waals surface area contributed by atoms with E-state index in [1.165, 1.54) is 61.4 Å². The van der Waals surface area contributed by atoms with Crippen molar-refractivity contribution in [2.75, 3.05) is 26.8 Å². The van der Waals surface area contributed by atoms with E-state index in [-0.39, 0.29) is 61.1 Å². The molecule has 0 aliphatic carbocycles. The minimum absolute atomic E-state index is 0.00377. The smallest absolute Gasteiger partial charge is 0.319 e. The fourth-order valence-electron chi connectivity index (χ4n) is 5.08. The van der Waals surface area contributed by atoms with Crippen molar-refractivity contribution in [3.63, 3.8) is 0 Å². The SMILES string of the molecule is COc1ccc2cc1OCC(=O)NCc1cc(F)cc(c1)O[C@@H]1CCN(C(=O)c3ccc(C)n3C(F)F)C[C@@H]1NC2=O. The van der Waals surface area contributed by atoms with Crippen molar-refractivity contribution in [2.45, 2.75) is 38.6 Å². The number of hydrogen-bond donors (Lipinski definition) is 2. The van der Waals surface area contributed by atoms with Crippen LogP contribution < -0.4 is 24.8 Å². The summed E-state index contributed by atoms with van der Waals surface area (Å²) in [4.78, 5) is 40.5. The molecule has 3 aromatic rings. The van der Waals surface area contributed by atoms with E-state index in [0.29, 0.717) is 15.9 Å². The lowest BCUT2D eigenvalue weighted by Crippen LogP contribution is -2.58. The molecular weight excluding hydrogens is 557 g/mol. The number of halogens is 3. The van der Waals surface area contributed by atoms with Crippen LogP contribution in [-0.2, 0) is 11.3 Å². The van der Waals surface area contributed by atoms with Crippen molar-refractivity contribution in [2.24, 2.45) is 0 Å². The van der Waals surface area contributed by atoms with Gasteiger partial charge in [0.05, 0.1) is 13.2 Å². The molecule has 13 heteroatoms. The van der Waals surface area contributed by atoms with Crippen LogP contribution in [0.4, 0.5) is 13.2 Å². The number of piperidine rings is 1. The van der Waals surface area contributed by atoms with E-state index < -0.39 is 42.2 Å². The molecule has 10 nitrogen and oxygen atoms in total. The highest BCUT2D eigenvalue weighted by atomic mass is 19.3. The number of nitrogens with zero attached hydrogens (tertiary/aromatic N) is 2. The maximum absolute atomic E-state index is 14.5. The quantitative estimate of drug-likeness (QED) is 0.487. The molecule has 2 N–H and O–H groups in total. The highest BCUT2D eigenvalue weighted by molar-refractivity contribution is 5.96. The van der Waals surface area contributed by atoms with Gasteiger partial charge in [-0.25, -0.2) is 4.39 Å². The second-order valence-corrected chi connectivity index (χ2v) is 10.0. The summed E-state index contributed by atoms with van der Waals surface area (Å²) in [6.07, 6.45) is -0.488. The number of likely N-dealkylation sites (tertiary alicyclic amines) is 1. The van der Waals surface area contributed by atoms with E-state index in [2.05, 4.69) is 10.6 Å². The lowest BCUT2D eigenvalue weighted by atomic mass is 10.0. The minimum Gasteiger partial charge on any atom is -0.493 e. The number of hydrogen-bond acceptors (Lipinski definition) is 6. The number of amides is 3. The number of ether oxygens (including phenoxy) is 3. The molecule has 5 rings (SSSR count). The summed E-state index contributed by atoms with van der Waals surface area (Å²) in [5.41, 5.74) is 0.674.